The van der Waals surface area contributed by atoms with Gasteiger partial charge >= 0.3 is 0 Å². The minimum Gasteiger partial charge on any atom is -0.364 e. The normalized spacial score (nSPS) is 11.6. The van der Waals surface area contributed by atoms with Crippen molar-refractivity contribution in [3.8, 4) is 0 Å². The van der Waals surface area contributed by atoms with Crippen LogP contribution in [0, 0.1) is 0 Å². The van der Waals surface area contributed by atoms with Crippen LogP contribution in [0.3, 0.4) is 0 Å². The molecule has 0 unspecified atom stereocenters. The molecule has 0 aliphatic heterocycles. The van der Waals surface area contributed by atoms with Crippen molar-refractivity contribution in [3.05, 3.63) is 60.2 Å². The Bertz CT molecular complexity index is 367. The first-order chi connectivity index (χ1) is 7.42. The summed E-state index contributed by atoms with van der Waals surface area (Å²) in [5.74, 6) is 0.284. The molecule has 2 rings (SSSR count). The molecule has 0 amide bonds. The Hall–Kier alpha value is -1.48. The van der Waals surface area contributed by atoms with Gasteiger partial charge in [-0.25, -0.2) is 0 Å². The highest BCUT2D eigenvalue weighted by Gasteiger charge is 2.11. The van der Waals surface area contributed by atoms with Gasteiger partial charge in [0.2, 0.25) is 0 Å². The fourth-order valence-corrected chi connectivity index (χ4v) is 1.79. The summed E-state index contributed by atoms with van der Waals surface area (Å²) in [6.45, 7) is 0. The van der Waals surface area contributed by atoms with Crippen molar-refractivity contribution in [3.63, 3.8) is 0 Å². The van der Waals surface area contributed by atoms with E-state index in [1.165, 1.54) is 11.4 Å². The molecule has 0 spiro atoms. The first kappa shape index (κ1) is 10.0. The van der Waals surface area contributed by atoms with E-state index < -0.39 is 0 Å². The smallest absolute Gasteiger partial charge is 0.0571 e. The third-order valence-electron chi connectivity index (χ3n) is 2.36. The summed E-state index contributed by atoms with van der Waals surface area (Å²) in [6, 6.07) is 9.12. The summed E-state index contributed by atoms with van der Waals surface area (Å²) in [5.41, 5.74) is 2.41. The first-order valence-corrected chi connectivity index (χ1v) is 5.70. The maximum absolute atomic E-state index is 3.44. The second-order valence-electron chi connectivity index (χ2n) is 3.36. The average Bonchev–Trinajstić information content (AvgIpc) is 2.90. The maximum Gasteiger partial charge on any atom is 0.0571 e. The Morgan fingerprint density at radius 3 is 2.13 bits per heavy atom. The standard InChI is InChI=1S/C12H13N2Si/c15-9-3-4-10(11-5-1-7-13-11)12-6-2-8-14-12/h1-8,10,13-14H,9H2. The number of hydrogen-bond acceptors (Lipinski definition) is 0. The van der Waals surface area contributed by atoms with E-state index in [0.29, 0.717) is 0 Å². The lowest BCUT2D eigenvalue weighted by molar-refractivity contribution is 0.930. The van der Waals surface area contributed by atoms with Gasteiger partial charge in [-0.15, -0.1) is 0 Å². The molecule has 0 bridgehead atoms. The molecule has 2 nitrogen and oxygen atoms in total. The van der Waals surface area contributed by atoms with Crippen LogP contribution in [-0.2, 0) is 0 Å². The molecule has 2 aromatic heterocycles. The molecule has 2 N–H and O–H groups in total. The Morgan fingerprint density at radius 1 is 1.13 bits per heavy atom. The zero-order valence-corrected chi connectivity index (χ0v) is 9.40. The van der Waals surface area contributed by atoms with Crippen LogP contribution in [-0.4, -0.2) is 20.2 Å². The van der Waals surface area contributed by atoms with Gasteiger partial charge in [0.15, 0.2) is 0 Å². The second-order valence-corrected chi connectivity index (χ2v) is 3.77. The molecule has 0 fully saturated rings. The van der Waals surface area contributed by atoms with Gasteiger partial charge in [0.1, 0.15) is 0 Å². The molecule has 0 atom stereocenters. The Labute approximate surface area is 92.8 Å². The molecule has 2 heterocycles. The zero-order valence-electron chi connectivity index (χ0n) is 8.40. The van der Waals surface area contributed by atoms with Crippen molar-refractivity contribution >= 4 is 10.2 Å². The van der Waals surface area contributed by atoms with Crippen molar-refractivity contribution in [1.82, 2.24) is 9.97 Å². The molecule has 2 aromatic rings. The molecule has 15 heavy (non-hydrogen) atoms. The second kappa shape index (κ2) is 4.84. The summed E-state index contributed by atoms with van der Waals surface area (Å²) in [4.78, 5) is 6.49. The van der Waals surface area contributed by atoms with Crippen molar-refractivity contribution in [2.75, 3.05) is 0 Å². The van der Waals surface area contributed by atoms with Crippen LogP contribution in [0.4, 0.5) is 0 Å². The maximum atomic E-state index is 3.44. The highest BCUT2D eigenvalue weighted by atomic mass is 28.1. The third kappa shape index (κ3) is 2.30. The SMILES string of the molecule is [Si]CC=CC(c1ccc[nH]1)c1ccc[nH]1. The van der Waals surface area contributed by atoms with Crippen LogP contribution >= 0.6 is 0 Å². The molecule has 75 valence electrons. The molecule has 0 aromatic carbocycles. The van der Waals surface area contributed by atoms with E-state index >= 15 is 0 Å². The lowest BCUT2D eigenvalue weighted by Gasteiger charge is -2.09. The summed E-state index contributed by atoms with van der Waals surface area (Å²) < 4.78 is 0. The van der Waals surface area contributed by atoms with Crippen LogP contribution in [0.2, 0.25) is 6.04 Å². The number of aromatic amines is 2. The molecule has 0 saturated carbocycles. The van der Waals surface area contributed by atoms with Gasteiger partial charge in [-0.05, 0) is 30.3 Å². The van der Waals surface area contributed by atoms with E-state index in [1.54, 1.807) is 0 Å². The van der Waals surface area contributed by atoms with Crippen LogP contribution in [0.5, 0.6) is 0 Å². The van der Waals surface area contributed by atoms with Gasteiger partial charge in [-0.3, -0.25) is 0 Å². The van der Waals surface area contributed by atoms with Crippen molar-refractivity contribution in [1.29, 1.82) is 0 Å². The van der Waals surface area contributed by atoms with Crippen LogP contribution in [0.15, 0.2) is 48.8 Å². The van der Waals surface area contributed by atoms with Gasteiger partial charge in [-0.1, -0.05) is 12.2 Å². The number of H-pyrrole nitrogens is 2. The van der Waals surface area contributed by atoms with E-state index in [2.05, 4.69) is 44.5 Å². The molecular formula is C12H13N2Si. The van der Waals surface area contributed by atoms with Crippen molar-refractivity contribution < 1.29 is 0 Å². The van der Waals surface area contributed by atoms with Crippen LogP contribution in [0.1, 0.15) is 17.3 Å². The number of aromatic nitrogens is 2. The first-order valence-electron chi connectivity index (χ1n) is 4.99. The van der Waals surface area contributed by atoms with E-state index in [4.69, 9.17) is 0 Å². The molecule has 0 aliphatic rings. The molecule has 0 saturated heterocycles. The zero-order chi connectivity index (χ0) is 10.5. The van der Waals surface area contributed by atoms with Gasteiger partial charge in [0.05, 0.1) is 5.92 Å². The minimum absolute atomic E-state index is 0.284. The largest absolute Gasteiger partial charge is 0.364 e. The third-order valence-corrected chi connectivity index (χ3v) is 2.60. The molecule has 0 aliphatic carbocycles. The predicted octanol–water partition coefficient (Wildman–Crippen LogP) is 2.62. The van der Waals surface area contributed by atoms with E-state index in [1.807, 2.05) is 24.5 Å². The van der Waals surface area contributed by atoms with Crippen LogP contribution in [0.25, 0.3) is 0 Å². The Balaban J connectivity index is 2.29. The lowest BCUT2D eigenvalue weighted by Crippen LogP contribution is -1.98. The van der Waals surface area contributed by atoms with Gasteiger partial charge in [0, 0.05) is 34.0 Å². The quantitative estimate of drug-likeness (QED) is 0.578. The summed E-state index contributed by atoms with van der Waals surface area (Å²) in [6.07, 6.45) is 8.20. The highest BCUT2D eigenvalue weighted by molar-refractivity contribution is 6.09. The Morgan fingerprint density at radius 2 is 1.73 bits per heavy atom. The minimum atomic E-state index is 0.284. The topological polar surface area (TPSA) is 31.6 Å². The Kier molecular flexibility index (Phi) is 3.24. The molecule has 3 heteroatoms. The fourth-order valence-electron chi connectivity index (χ4n) is 1.65. The number of rotatable bonds is 4. The number of allylic oxidation sites excluding steroid dienone is 2. The summed E-state index contributed by atoms with van der Waals surface area (Å²) in [7, 11) is 3.44. The van der Waals surface area contributed by atoms with E-state index in [0.717, 1.165) is 6.04 Å². The predicted molar refractivity (Wildman–Crippen MR) is 63.1 cm³/mol. The van der Waals surface area contributed by atoms with Gasteiger partial charge in [-0.2, -0.15) is 0 Å². The van der Waals surface area contributed by atoms with Crippen LogP contribution < -0.4 is 0 Å². The number of nitrogens with one attached hydrogen (secondary N) is 2. The fraction of sp³-hybridized carbons (Fsp3) is 0.167. The average molecular weight is 213 g/mol. The van der Waals surface area contributed by atoms with E-state index in [-0.39, 0.29) is 5.92 Å². The van der Waals surface area contributed by atoms with Crippen molar-refractivity contribution in [2.24, 2.45) is 0 Å². The molecular weight excluding hydrogens is 200 g/mol. The summed E-state index contributed by atoms with van der Waals surface area (Å²) >= 11 is 0. The number of hydrogen-bond donors (Lipinski definition) is 2. The van der Waals surface area contributed by atoms with Crippen molar-refractivity contribution in [2.45, 2.75) is 12.0 Å². The van der Waals surface area contributed by atoms with E-state index in [9.17, 15) is 0 Å². The highest BCUT2D eigenvalue weighted by Crippen LogP contribution is 2.23. The van der Waals surface area contributed by atoms with Gasteiger partial charge < -0.3 is 9.97 Å². The van der Waals surface area contributed by atoms with Gasteiger partial charge in [0.25, 0.3) is 0 Å². The monoisotopic (exact) mass is 213 g/mol. The summed E-state index contributed by atoms with van der Waals surface area (Å²) in [5, 5.41) is 0. The molecule has 3 radical (unpaired) electrons. The lowest BCUT2D eigenvalue weighted by atomic mass is 10.0.